The minimum absolute atomic E-state index is 0.0791. The van der Waals surface area contributed by atoms with Crippen molar-refractivity contribution in [2.75, 3.05) is 12.4 Å². The molecular formula is C31H23BrCl2N2O4. The van der Waals surface area contributed by atoms with Crippen molar-refractivity contribution in [2.45, 2.75) is 13.2 Å². The third kappa shape index (κ3) is 7.80. The summed E-state index contributed by atoms with van der Waals surface area (Å²) in [4.78, 5) is 12.8. The number of nitriles is 1. The topological polar surface area (TPSA) is 80.6 Å². The third-order valence-corrected chi connectivity index (χ3v) is 6.85. The van der Waals surface area contributed by atoms with Crippen molar-refractivity contribution < 1.29 is 19.0 Å². The molecule has 0 aliphatic carbocycles. The van der Waals surface area contributed by atoms with Crippen molar-refractivity contribution in [3.63, 3.8) is 0 Å². The maximum atomic E-state index is 12.8. The molecule has 0 radical (unpaired) electrons. The van der Waals surface area contributed by atoms with Gasteiger partial charge in [0.1, 0.15) is 30.6 Å². The zero-order chi connectivity index (χ0) is 28.5. The molecule has 1 N–H and O–H groups in total. The lowest BCUT2D eigenvalue weighted by atomic mass is 10.1. The van der Waals surface area contributed by atoms with E-state index < -0.39 is 5.91 Å². The molecule has 40 heavy (non-hydrogen) atoms. The largest absolute Gasteiger partial charge is 0.493 e. The number of halogens is 3. The predicted octanol–water partition coefficient (Wildman–Crippen LogP) is 8.47. The number of methoxy groups -OCH3 is 1. The summed E-state index contributed by atoms with van der Waals surface area (Å²) in [7, 11) is 1.53. The molecule has 0 spiro atoms. The molecule has 0 bridgehead atoms. The number of carbonyl (C=O) groups is 1. The van der Waals surface area contributed by atoms with Gasteiger partial charge in [-0.25, -0.2) is 0 Å². The molecule has 0 saturated heterocycles. The lowest BCUT2D eigenvalue weighted by molar-refractivity contribution is -0.112. The van der Waals surface area contributed by atoms with Crippen LogP contribution in [0.25, 0.3) is 6.08 Å². The van der Waals surface area contributed by atoms with E-state index in [2.05, 4.69) is 21.2 Å². The summed E-state index contributed by atoms with van der Waals surface area (Å²) in [6.45, 7) is 0.619. The fourth-order valence-corrected chi connectivity index (χ4v) is 4.68. The zero-order valence-electron chi connectivity index (χ0n) is 21.3. The van der Waals surface area contributed by atoms with Gasteiger partial charge in [-0.3, -0.25) is 4.79 Å². The van der Waals surface area contributed by atoms with E-state index in [-0.39, 0.29) is 12.2 Å². The maximum absolute atomic E-state index is 12.8. The summed E-state index contributed by atoms with van der Waals surface area (Å²) in [6.07, 6.45) is 1.48. The second-order valence-electron chi connectivity index (χ2n) is 8.48. The highest BCUT2D eigenvalue weighted by Crippen LogP contribution is 2.38. The van der Waals surface area contributed by atoms with Crippen LogP contribution in [0.1, 0.15) is 16.7 Å². The molecule has 0 aliphatic heterocycles. The van der Waals surface area contributed by atoms with E-state index in [0.717, 1.165) is 11.1 Å². The number of ether oxygens (including phenoxy) is 3. The Labute approximate surface area is 250 Å². The Kier molecular flexibility index (Phi) is 10.1. The van der Waals surface area contributed by atoms with E-state index in [4.69, 9.17) is 37.4 Å². The van der Waals surface area contributed by atoms with E-state index in [1.165, 1.54) is 13.2 Å². The van der Waals surface area contributed by atoms with Crippen molar-refractivity contribution in [2.24, 2.45) is 0 Å². The number of anilines is 1. The van der Waals surface area contributed by atoms with Gasteiger partial charge in [-0.05, 0) is 81.7 Å². The SMILES string of the molecule is COc1cc(/C=C(\C#N)C(=O)Nc2ccc(OCc3ccc(Cl)cc3Cl)cc2)cc(Br)c1OCc1ccccc1. The molecule has 0 atom stereocenters. The summed E-state index contributed by atoms with van der Waals surface area (Å²) < 4.78 is 17.9. The summed E-state index contributed by atoms with van der Waals surface area (Å²) in [5.41, 5.74) is 2.82. The molecule has 6 nitrogen and oxygen atoms in total. The Bertz CT molecular complexity index is 1570. The van der Waals surface area contributed by atoms with E-state index >= 15 is 0 Å². The van der Waals surface area contributed by atoms with Crippen LogP contribution in [-0.2, 0) is 18.0 Å². The Morgan fingerprint density at radius 3 is 2.40 bits per heavy atom. The Hall–Kier alpha value is -3.96. The van der Waals surface area contributed by atoms with E-state index in [1.54, 1.807) is 54.6 Å². The van der Waals surface area contributed by atoms with Gasteiger partial charge >= 0.3 is 0 Å². The number of hydrogen-bond acceptors (Lipinski definition) is 5. The van der Waals surface area contributed by atoms with Gasteiger partial charge in [0.15, 0.2) is 11.5 Å². The average Bonchev–Trinajstić information content (AvgIpc) is 2.96. The number of benzene rings is 4. The van der Waals surface area contributed by atoms with Crippen molar-refractivity contribution in [1.82, 2.24) is 0 Å². The van der Waals surface area contributed by atoms with Gasteiger partial charge in [0.2, 0.25) is 0 Å². The van der Waals surface area contributed by atoms with Gasteiger partial charge in [-0.2, -0.15) is 5.26 Å². The first-order chi connectivity index (χ1) is 19.4. The normalized spacial score (nSPS) is 10.9. The van der Waals surface area contributed by atoms with Gasteiger partial charge in [-0.1, -0.05) is 59.6 Å². The van der Waals surface area contributed by atoms with Gasteiger partial charge in [0.05, 0.1) is 11.6 Å². The summed E-state index contributed by atoms with van der Waals surface area (Å²) in [5, 5.41) is 13.5. The highest BCUT2D eigenvalue weighted by molar-refractivity contribution is 9.10. The lowest BCUT2D eigenvalue weighted by Crippen LogP contribution is -2.13. The number of amides is 1. The molecule has 0 aliphatic rings. The van der Waals surface area contributed by atoms with Crippen molar-refractivity contribution >= 4 is 56.8 Å². The smallest absolute Gasteiger partial charge is 0.266 e. The number of nitrogens with zero attached hydrogens (tertiary/aromatic N) is 1. The molecule has 0 aromatic heterocycles. The minimum Gasteiger partial charge on any atom is -0.493 e. The van der Waals surface area contributed by atoms with E-state index in [1.807, 2.05) is 36.4 Å². The summed E-state index contributed by atoms with van der Waals surface area (Å²) in [5.74, 6) is 1.02. The standard InChI is InChI=1S/C31H23BrCl2N2O4/c1-38-29-15-21(14-27(32)30(29)40-18-20-5-3-2-4-6-20)13-23(17-35)31(37)36-25-9-11-26(12-10-25)39-19-22-7-8-24(33)16-28(22)34/h2-16H,18-19H2,1H3,(H,36,37)/b23-13+. The quantitative estimate of drug-likeness (QED) is 0.139. The van der Waals surface area contributed by atoms with E-state index in [0.29, 0.717) is 49.6 Å². The van der Waals surface area contributed by atoms with Crippen LogP contribution in [0.2, 0.25) is 10.0 Å². The molecule has 0 saturated carbocycles. The molecule has 4 aromatic rings. The fourth-order valence-electron chi connectivity index (χ4n) is 3.64. The van der Waals surface area contributed by atoms with Crippen LogP contribution >= 0.6 is 39.1 Å². The maximum Gasteiger partial charge on any atom is 0.266 e. The number of nitrogens with one attached hydrogen (secondary N) is 1. The van der Waals surface area contributed by atoms with E-state index in [9.17, 15) is 10.1 Å². The first-order valence-electron chi connectivity index (χ1n) is 12.0. The van der Waals surface area contributed by atoms with Crippen molar-refractivity contribution in [1.29, 1.82) is 5.26 Å². The predicted molar refractivity (Wildman–Crippen MR) is 161 cm³/mol. The molecule has 4 aromatic carbocycles. The second kappa shape index (κ2) is 13.9. The molecule has 9 heteroatoms. The highest BCUT2D eigenvalue weighted by Gasteiger charge is 2.15. The monoisotopic (exact) mass is 636 g/mol. The zero-order valence-corrected chi connectivity index (χ0v) is 24.4. The van der Waals surface area contributed by atoms with Gasteiger partial charge in [0.25, 0.3) is 5.91 Å². The van der Waals surface area contributed by atoms with Crippen molar-refractivity contribution in [3.05, 3.63) is 122 Å². The van der Waals surface area contributed by atoms with Crippen LogP contribution in [0.5, 0.6) is 17.2 Å². The molecule has 4 rings (SSSR count). The van der Waals surface area contributed by atoms with Crippen LogP contribution < -0.4 is 19.5 Å². The van der Waals surface area contributed by atoms with Gasteiger partial charge in [-0.15, -0.1) is 0 Å². The minimum atomic E-state index is -0.552. The average molecular weight is 638 g/mol. The van der Waals surface area contributed by atoms with Crippen LogP contribution in [0.15, 0.2) is 95.0 Å². The third-order valence-electron chi connectivity index (χ3n) is 5.68. The summed E-state index contributed by atoms with van der Waals surface area (Å²) in [6, 6.07) is 27.2. The Balaban J connectivity index is 1.41. The first-order valence-corrected chi connectivity index (χ1v) is 13.6. The second-order valence-corrected chi connectivity index (χ2v) is 10.2. The van der Waals surface area contributed by atoms with Crippen molar-refractivity contribution in [3.8, 4) is 23.3 Å². The Morgan fingerprint density at radius 1 is 0.975 bits per heavy atom. The highest BCUT2D eigenvalue weighted by atomic mass is 79.9. The van der Waals surface area contributed by atoms with Gasteiger partial charge < -0.3 is 19.5 Å². The molecule has 0 heterocycles. The molecule has 0 unspecified atom stereocenters. The van der Waals surface area contributed by atoms with Crippen LogP contribution in [0.4, 0.5) is 5.69 Å². The first kappa shape index (κ1) is 29.0. The number of rotatable bonds is 10. The summed E-state index contributed by atoms with van der Waals surface area (Å²) >= 11 is 15.6. The molecular weight excluding hydrogens is 615 g/mol. The molecule has 202 valence electrons. The Morgan fingerprint density at radius 2 is 1.73 bits per heavy atom. The van der Waals surface area contributed by atoms with Crippen LogP contribution in [0, 0.1) is 11.3 Å². The van der Waals surface area contributed by atoms with Crippen LogP contribution in [-0.4, -0.2) is 13.0 Å². The number of hydrogen-bond donors (Lipinski definition) is 1. The van der Waals surface area contributed by atoms with Gasteiger partial charge in [0, 0.05) is 21.3 Å². The molecule has 1 amide bonds. The fraction of sp³-hybridized carbons (Fsp3) is 0.0968. The molecule has 0 fully saturated rings. The van der Waals surface area contributed by atoms with Crippen LogP contribution in [0.3, 0.4) is 0 Å². The lowest BCUT2D eigenvalue weighted by Gasteiger charge is -2.14. The number of carbonyl (C=O) groups excluding carboxylic acids is 1.